The number of nitro benzene ring substituents is 1. The molecule has 3 heterocycles. The van der Waals surface area contributed by atoms with Crippen LogP contribution in [0.4, 0.5) is 10.1 Å². The van der Waals surface area contributed by atoms with E-state index < -0.39 is 16.6 Å². The summed E-state index contributed by atoms with van der Waals surface area (Å²) in [5, 5.41) is 30.8. The Hall–Kier alpha value is -5.41. The number of carbonyl (C=O) groups is 2. The lowest BCUT2D eigenvalue weighted by Crippen LogP contribution is -2.28. The second kappa shape index (κ2) is 13.9. The maximum atomic E-state index is 13.8. The lowest BCUT2D eigenvalue weighted by Gasteiger charge is -2.22. The summed E-state index contributed by atoms with van der Waals surface area (Å²) in [6.45, 7) is -0.0607. The number of halogens is 1. The zero-order valence-electron chi connectivity index (χ0n) is 24.8. The highest BCUT2D eigenvalue weighted by atomic mass is 32.2. The number of thioether (sulfide) groups is 1. The Balaban J connectivity index is 1.22. The summed E-state index contributed by atoms with van der Waals surface area (Å²) in [4.78, 5) is 37.9. The maximum absolute atomic E-state index is 13.8. The molecule has 1 N–H and O–H groups in total. The van der Waals surface area contributed by atoms with Gasteiger partial charge in [0.25, 0.3) is 17.5 Å². The maximum Gasteiger partial charge on any atom is 0.269 e. The zero-order chi connectivity index (χ0) is 32.9. The summed E-state index contributed by atoms with van der Waals surface area (Å²) in [5.41, 5.74) is 2.36. The molecule has 47 heavy (non-hydrogen) atoms. The van der Waals surface area contributed by atoms with Gasteiger partial charge in [-0.2, -0.15) is 5.10 Å². The number of methoxy groups -OCH3 is 1. The van der Waals surface area contributed by atoms with Crippen LogP contribution in [-0.4, -0.2) is 55.1 Å². The molecular formula is C32H26FN7O5S2. The average Bonchev–Trinajstić information content (AvgIpc) is 3.87. The predicted molar refractivity (Wildman–Crippen MR) is 174 cm³/mol. The number of amides is 2. The first-order chi connectivity index (χ1) is 22.8. The van der Waals surface area contributed by atoms with Crippen molar-refractivity contribution >= 4 is 46.3 Å². The van der Waals surface area contributed by atoms with Crippen LogP contribution in [-0.2, 0) is 11.3 Å². The van der Waals surface area contributed by atoms with Gasteiger partial charge in [-0.25, -0.2) is 9.40 Å². The van der Waals surface area contributed by atoms with Gasteiger partial charge in [0.2, 0.25) is 0 Å². The van der Waals surface area contributed by atoms with E-state index in [4.69, 9.17) is 9.84 Å². The van der Waals surface area contributed by atoms with Gasteiger partial charge in [0.05, 0.1) is 41.0 Å². The summed E-state index contributed by atoms with van der Waals surface area (Å²) in [5.74, 6) is -0.142. The van der Waals surface area contributed by atoms with Gasteiger partial charge in [-0.15, -0.1) is 21.5 Å². The Labute approximate surface area is 276 Å². The number of thiophene rings is 1. The minimum absolute atomic E-state index is 0.0254. The van der Waals surface area contributed by atoms with Crippen LogP contribution < -0.4 is 10.1 Å². The predicted octanol–water partition coefficient (Wildman–Crippen LogP) is 5.78. The highest BCUT2D eigenvalue weighted by Crippen LogP contribution is 2.35. The molecule has 0 spiro atoms. The summed E-state index contributed by atoms with van der Waals surface area (Å²) >= 11 is 2.70. The number of non-ortho nitro benzene ring substituents is 1. The monoisotopic (exact) mass is 671 g/mol. The molecule has 0 saturated heterocycles. The molecule has 0 saturated carbocycles. The molecule has 0 fully saturated rings. The van der Waals surface area contributed by atoms with Crippen molar-refractivity contribution in [2.24, 2.45) is 5.10 Å². The molecule has 15 heteroatoms. The minimum Gasteiger partial charge on any atom is -0.497 e. The van der Waals surface area contributed by atoms with Crippen LogP contribution in [0.1, 0.15) is 39.1 Å². The van der Waals surface area contributed by atoms with Crippen molar-refractivity contribution in [2.45, 2.75) is 24.2 Å². The summed E-state index contributed by atoms with van der Waals surface area (Å²) in [6.07, 6.45) is 0.549. The van der Waals surface area contributed by atoms with Gasteiger partial charge in [0.1, 0.15) is 11.6 Å². The van der Waals surface area contributed by atoms with Crippen LogP contribution in [0.5, 0.6) is 5.75 Å². The SMILES string of the molecule is COc1ccc([C@@H]2CC(c3cccs3)=NN2C(=O)CSc2nnc(CNC(=O)c3ccc([N+](=O)[O-])cc3)n2-c2ccc(F)cc2)cc1. The number of hydrogen-bond donors (Lipinski definition) is 1. The number of aromatic nitrogens is 3. The van der Waals surface area contributed by atoms with Crippen molar-refractivity contribution in [3.05, 3.63) is 128 Å². The fourth-order valence-electron chi connectivity index (χ4n) is 4.96. The fourth-order valence-corrected chi connectivity index (χ4v) is 6.51. The van der Waals surface area contributed by atoms with E-state index in [1.165, 1.54) is 41.4 Å². The standard InChI is InChI=1S/C32H26FN7O5S2/c1-45-25-14-6-20(7-15-25)27-17-26(28-3-2-16-46-28)37-39(27)30(41)19-47-32-36-35-29(38(32)23-12-8-22(33)9-13-23)18-34-31(42)21-4-10-24(11-5-21)40(43)44/h2-16,27H,17-19H2,1H3,(H,34,42)/t27-/m0/s1. The quantitative estimate of drug-likeness (QED) is 0.106. The number of nitrogens with one attached hydrogen (secondary N) is 1. The van der Waals surface area contributed by atoms with Gasteiger partial charge >= 0.3 is 0 Å². The van der Waals surface area contributed by atoms with Crippen molar-refractivity contribution in [1.29, 1.82) is 0 Å². The van der Waals surface area contributed by atoms with Crippen LogP contribution in [0, 0.1) is 15.9 Å². The van der Waals surface area contributed by atoms with Crippen molar-refractivity contribution < 1.29 is 23.6 Å². The Morgan fingerprint density at radius 3 is 2.47 bits per heavy atom. The Morgan fingerprint density at radius 1 is 1.06 bits per heavy atom. The molecule has 0 aliphatic carbocycles. The van der Waals surface area contributed by atoms with Crippen LogP contribution in [0.3, 0.4) is 0 Å². The van der Waals surface area contributed by atoms with E-state index >= 15 is 0 Å². The molecule has 238 valence electrons. The Kier molecular flexibility index (Phi) is 9.35. The fraction of sp³-hybridized carbons (Fsp3) is 0.156. The average molecular weight is 672 g/mol. The first-order valence-electron chi connectivity index (χ1n) is 14.2. The molecule has 0 bridgehead atoms. The molecule has 6 rings (SSSR count). The van der Waals surface area contributed by atoms with Crippen LogP contribution in [0.2, 0.25) is 0 Å². The Bertz CT molecular complexity index is 1930. The summed E-state index contributed by atoms with van der Waals surface area (Å²) < 4.78 is 20.8. The highest BCUT2D eigenvalue weighted by molar-refractivity contribution is 7.99. The molecule has 0 radical (unpaired) electrons. The number of nitro groups is 1. The van der Waals surface area contributed by atoms with Crippen LogP contribution in [0.15, 0.2) is 101 Å². The molecular weight excluding hydrogens is 646 g/mol. The lowest BCUT2D eigenvalue weighted by atomic mass is 10.0. The number of rotatable bonds is 11. The van der Waals surface area contributed by atoms with Crippen LogP contribution >= 0.6 is 23.1 Å². The third kappa shape index (κ3) is 7.05. The van der Waals surface area contributed by atoms with Crippen molar-refractivity contribution in [2.75, 3.05) is 12.9 Å². The first kappa shape index (κ1) is 31.6. The summed E-state index contributed by atoms with van der Waals surface area (Å²) in [6, 6.07) is 22.0. The second-order valence-corrected chi connectivity index (χ2v) is 12.1. The van der Waals surface area contributed by atoms with Crippen molar-refractivity contribution in [3.8, 4) is 11.4 Å². The Morgan fingerprint density at radius 2 is 1.81 bits per heavy atom. The third-order valence-corrected chi connectivity index (χ3v) is 9.16. The topological polar surface area (TPSA) is 145 Å². The molecule has 0 unspecified atom stereocenters. The smallest absolute Gasteiger partial charge is 0.269 e. The van der Waals surface area contributed by atoms with E-state index in [2.05, 4.69) is 15.5 Å². The molecule has 12 nitrogen and oxygen atoms in total. The van der Waals surface area contributed by atoms with Crippen molar-refractivity contribution in [3.63, 3.8) is 0 Å². The van der Waals surface area contributed by atoms with E-state index in [0.717, 1.165) is 27.9 Å². The minimum atomic E-state index is -0.547. The normalized spacial score (nSPS) is 14.1. The van der Waals surface area contributed by atoms with Gasteiger partial charge in [0.15, 0.2) is 11.0 Å². The van der Waals surface area contributed by atoms with Gasteiger partial charge < -0.3 is 10.1 Å². The number of benzene rings is 3. The zero-order valence-corrected chi connectivity index (χ0v) is 26.4. The lowest BCUT2D eigenvalue weighted by molar-refractivity contribution is -0.384. The van der Waals surface area contributed by atoms with Gasteiger partial charge in [0, 0.05) is 29.8 Å². The van der Waals surface area contributed by atoms with E-state index in [0.29, 0.717) is 28.8 Å². The molecule has 1 atom stereocenters. The number of hydrazone groups is 1. The molecule has 2 amide bonds. The molecule has 2 aromatic heterocycles. The molecule has 1 aliphatic heterocycles. The van der Waals surface area contributed by atoms with E-state index in [1.807, 2.05) is 41.8 Å². The molecule has 5 aromatic rings. The van der Waals surface area contributed by atoms with Gasteiger partial charge in [-0.3, -0.25) is 24.3 Å². The third-order valence-electron chi connectivity index (χ3n) is 7.33. The van der Waals surface area contributed by atoms with E-state index in [1.54, 1.807) is 35.1 Å². The largest absolute Gasteiger partial charge is 0.497 e. The summed E-state index contributed by atoms with van der Waals surface area (Å²) in [7, 11) is 1.60. The van der Waals surface area contributed by atoms with Gasteiger partial charge in [-0.05, 0) is 65.5 Å². The number of hydrogen-bond acceptors (Lipinski definition) is 10. The van der Waals surface area contributed by atoms with Crippen molar-refractivity contribution in [1.82, 2.24) is 25.1 Å². The molecule has 1 aliphatic rings. The second-order valence-electron chi connectivity index (χ2n) is 10.2. The first-order valence-corrected chi connectivity index (χ1v) is 16.1. The number of ether oxygens (including phenoxy) is 1. The molecule has 3 aromatic carbocycles. The van der Waals surface area contributed by atoms with E-state index in [9.17, 15) is 24.1 Å². The number of carbonyl (C=O) groups excluding carboxylic acids is 2. The van der Waals surface area contributed by atoms with Gasteiger partial charge in [-0.1, -0.05) is 30.0 Å². The highest BCUT2D eigenvalue weighted by Gasteiger charge is 2.34. The van der Waals surface area contributed by atoms with E-state index in [-0.39, 0.29) is 35.5 Å². The number of nitrogens with zero attached hydrogens (tertiary/aromatic N) is 6. The van der Waals surface area contributed by atoms with Crippen LogP contribution in [0.25, 0.3) is 5.69 Å².